The van der Waals surface area contributed by atoms with Crippen LogP contribution in [0, 0.1) is 5.41 Å². The number of carboxylic acids is 1. The Morgan fingerprint density at radius 3 is 2.62 bits per heavy atom. The van der Waals surface area contributed by atoms with Gasteiger partial charge < -0.3 is 25.6 Å². The van der Waals surface area contributed by atoms with Gasteiger partial charge in [0.2, 0.25) is 0 Å². The molecule has 0 saturated heterocycles. The molecule has 0 fully saturated rings. The first-order chi connectivity index (χ1) is 18.8. The number of nitrogens with one attached hydrogen (secondary N) is 3. The second kappa shape index (κ2) is 12.0. The number of amidine groups is 1. The Kier molecular flexibility index (Phi) is 8.26. The maximum atomic E-state index is 13.9. The lowest BCUT2D eigenvalue weighted by molar-refractivity contribution is -0.134. The van der Waals surface area contributed by atoms with Gasteiger partial charge in [-0.3, -0.25) is 15.2 Å². The number of rotatable bonds is 7. The summed E-state index contributed by atoms with van der Waals surface area (Å²) in [5.74, 6) is -0.0492. The van der Waals surface area contributed by atoms with Crippen LogP contribution in [0.4, 0.5) is 10.1 Å². The molecular weight excluding hydrogens is 511 g/mol. The van der Waals surface area contributed by atoms with Gasteiger partial charge in [-0.1, -0.05) is 0 Å². The third-order valence-electron chi connectivity index (χ3n) is 5.44. The topological polar surface area (TPSA) is 194 Å². The van der Waals surface area contributed by atoms with E-state index in [0.717, 1.165) is 11.6 Å². The highest BCUT2D eigenvalue weighted by Crippen LogP contribution is 2.34. The number of nitrogen functional groups attached to an aromatic ring is 1. The molecule has 0 spiro atoms. The average Bonchev–Trinajstić information content (AvgIpc) is 3.32. The molecule has 0 radical (unpaired) electrons. The van der Waals surface area contributed by atoms with Gasteiger partial charge >= 0.3 is 5.69 Å². The van der Waals surface area contributed by atoms with Crippen LogP contribution in [0.2, 0.25) is 0 Å². The smallest absolute Gasteiger partial charge is 0.350 e. The van der Waals surface area contributed by atoms with Crippen molar-refractivity contribution >= 4 is 17.5 Å². The number of aliphatic carboxylic acids is 1. The van der Waals surface area contributed by atoms with Crippen LogP contribution in [0.15, 0.2) is 59.7 Å². The van der Waals surface area contributed by atoms with E-state index in [0.29, 0.717) is 33.7 Å². The van der Waals surface area contributed by atoms with Crippen molar-refractivity contribution in [2.24, 2.45) is 5.73 Å². The normalized spacial score (nSPS) is 12.8. The molecule has 1 atom stereocenters. The largest absolute Gasteiger partial charge is 0.481 e. The number of carboxylic acid groups (broad SMARTS) is 1. The molecule has 3 heterocycles. The van der Waals surface area contributed by atoms with Crippen molar-refractivity contribution in [2.45, 2.75) is 26.2 Å². The molecule has 13 nitrogen and oxygen atoms in total. The van der Waals surface area contributed by atoms with Gasteiger partial charge in [-0.2, -0.15) is 0 Å². The minimum Gasteiger partial charge on any atom is -0.481 e. The predicted octanol–water partition coefficient (Wildman–Crippen LogP) is 2.26. The second-order valence-corrected chi connectivity index (χ2v) is 8.28. The van der Waals surface area contributed by atoms with Crippen molar-refractivity contribution < 1.29 is 23.8 Å². The molecule has 1 unspecified atom stereocenters. The summed E-state index contributed by atoms with van der Waals surface area (Å²) in [6, 6.07) is 11.3. The maximum absolute atomic E-state index is 13.9. The van der Waals surface area contributed by atoms with Gasteiger partial charge in [0.25, 0.3) is 11.9 Å². The van der Waals surface area contributed by atoms with Crippen LogP contribution in [0.25, 0.3) is 5.95 Å². The van der Waals surface area contributed by atoms with E-state index in [1.165, 1.54) is 12.4 Å². The molecule has 202 valence electrons. The van der Waals surface area contributed by atoms with E-state index in [1.54, 1.807) is 36.4 Å². The number of hydrogen-bond donors (Lipinski definition) is 5. The molecule has 1 aliphatic rings. The van der Waals surface area contributed by atoms with Crippen molar-refractivity contribution in [3.8, 4) is 11.7 Å². The zero-order chi connectivity index (χ0) is 27.9. The first kappa shape index (κ1) is 26.9. The summed E-state index contributed by atoms with van der Waals surface area (Å²) < 4.78 is 25.9. The second-order valence-electron chi connectivity index (χ2n) is 8.28. The summed E-state index contributed by atoms with van der Waals surface area (Å²) in [5.41, 5.74) is 7.95. The third-order valence-corrected chi connectivity index (χ3v) is 5.44. The molecule has 0 saturated carbocycles. The Hall–Kier alpha value is -5.11. The van der Waals surface area contributed by atoms with Gasteiger partial charge in [-0.05, 0) is 48.0 Å². The summed E-state index contributed by atoms with van der Waals surface area (Å²) in [6.45, 7) is 0.663. The number of H-pyrrole nitrogens is 1. The molecule has 0 amide bonds. The van der Waals surface area contributed by atoms with Gasteiger partial charge in [0.05, 0.1) is 6.61 Å². The number of nitrogens with two attached hydrogens (primary N) is 1. The summed E-state index contributed by atoms with van der Waals surface area (Å²) in [6.07, 6.45) is 3.01. The SMILES string of the molecule is CC(=O)O.N=C(N)c1ccc(NC(c2cc(CF)c3c(c2)COCO3)c2nn(-c3ncccn3)c(=O)[nH]2)cc1. The fraction of sp³-hybridized carbons (Fsp3) is 0.200. The van der Waals surface area contributed by atoms with Crippen molar-refractivity contribution in [3.05, 3.63) is 93.4 Å². The standard InChI is InChI=1S/C23H21FN8O3.C2H4O2/c24-10-15-8-14(9-16-11-34-12-35-19(15)16)18(29-17-4-2-13(3-5-17)20(25)26)21-30-23(33)32(31-21)22-27-6-1-7-28-22;1-2(3)4/h1-9,18,29H,10-12H2,(H3,25,26)(H,30,31,33);1H3,(H,3,4). The van der Waals surface area contributed by atoms with Crippen LogP contribution in [0.5, 0.6) is 5.75 Å². The number of anilines is 1. The summed E-state index contributed by atoms with van der Waals surface area (Å²) in [4.78, 5) is 32.6. The van der Waals surface area contributed by atoms with Crippen LogP contribution in [0.3, 0.4) is 0 Å². The zero-order valence-corrected chi connectivity index (χ0v) is 20.7. The quantitative estimate of drug-likeness (QED) is 0.173. The van der Waals surface area contributed by atoms with Crippen LogP contribution in [-0.4, -0.2) is 48.4 Å². The number of halogens is 1. The Bertz CT molecular complexity index is 1500. The molecule has 1 aliphatic heterocycles. The fourth-order valence-electron chi connectivity index (χ4n) is 3.82. The number of carbonyl (C=O) groups is 1. The van der Waals surface area contributed by atoms with Crippen molar-refractivity contribution in [2.75, 3.05) is 12.1 Å². The third kappa shape index (κ3) is 6.42. The lowest BCUT2D eigenvalue weighted by Crippen LogP contribution is -2.18. The number of nitrogens with zero attached hydrogens (tertiary/aromatic N) is 4. The number of hydrogen-bond acceptors (Lipinski definition) is 9. The number of ether oxygens (including phenoxy) is 2. The predicted molar refractivity (Wildman–Crippen MR) is 138 cm³/mol. The number of aromatic amines is 1. The van der Waals surface area contributed by atoms with E-state index in [9.17, 15) is 9.18 Å². The molecule has 6 N–H and O–H groups in total. The maximum Gasteiger partial charge on any atom is 0.350 e. The van der Waals surface area contributed by atoms with Gasteiger partial charge in [-0.15, -0.1) is 9.78 Å². The lowest BCUT2D eigenvalue weighted by Gasteiger charge is -2.24. The summed E-state index contributed by atoms with van der Waals surface area (Å²) in [7, 11) is 0. The van der Waals surface area contributed by atoms with Crippen molar-refractivity contribution in [3.63, 3.8) is 0 Å². The van der Waals surface area contributed by atoms with E-state index in [-0.39, 0.29) is 31.0 Å². The molecule has 39 heavy (non-hydrogen) atoms. The van der Waals surface area contributed by atoms with E-state index in [1.807, 2.05) is 6.07 Å². The highest BCUT2D eigenvalue weighted by Gasteiger charge is 2.25. The number of benzene rings is 2. The van der Waals surface area contributed by atoms with Gasteiger partial charge in [0.1, 0.15) is 24.3 Å². The minimum absolute atomic E-state index is 0.0539. The van der Waals surface area contributed by atoms with Crippen molar-refractivity contribution in [1.82, 2.24) is 24.7 Å². The monoisotopic (exact) mass is 536 g/mol. The first-order valence-electron chi connectivity index (χ1n) is 11.6. The Balaban J connectivity index is 0.000000826. The van der Waals surface area contributed by atoms with Crippen LogP contribution < -0.4 is 21.5 Å². The molecule has 2 aromatic heterocycles. The minimum atomic E-state index is -0.833. The van der Waals surface area contributed by atoms with E-state index < -0.39 is 24.4 Å². The molecule has 5 rings (SSSR count). The number of fused-ring (bicyclic) bond motifs is 1. The molecule has 0 bridgehead atoms. The van der Waals surface area contributed by atoms with Crippen molar-refractivity contribution in [1.29, 1.82) is 5.41 Å². The highest BCUT2D eigenvalue weighted by molar-refractivity contribution is 5.95. The van der Waals surface area contributed by atoms with Gasteiger partial charge in [-0.25, -0.2) is 19.2 Å². The average molecular weight is 537 g/mol. The first-order valence-corrected chi connectivity index (χ1v) is 11.6. The molecule has 4 aromatic rings. The summed E-state index contributed by atoms with van der Waals surface area (Å²) in [5, 5.41) is 22.8. The van der Waals surface area contributed by atoms with E-state index >= 15 is 0 Å². The Labute approximate surface area is 221 Å². The van der Waals surface area contributed by atoms with Gasteiger partial charge in [0.15, 0.2) is 12.6 Å². The lowest BCUT2D eigenvalue weighted by atomic mass is 9.98. The van der Waals surface area contributed by atoms with Crippen LogP contribution >= 0.6 is 0 Å². The Morgan fingerprint density at radius 1 is 1.28 bits per heavy atom. The highest BCUT2D eigenvalue weighted by atomic mass is 19.1. The Morgan fingerprint density at radius 2 is 1.97 bits per heavy atom. The van der Waals surface area contributed by atoms with Crippen LogP contribution in [-0.2, 0) is 22.8 Å². The molecule has 0 aliphatic carbocycles. The fourth-order valence-corrected chi connectivity index (χ4v) is 3.82. The van der Waals surface area contributed by atoms with E-state index in [2.05, 4.69) is 25.4 Å². The van der Waals surface area contributed by atoms with Gasteiger partial charge in [0, 0.05) is 41.7 Å². The molecule has 2 aromatic carbocycles. The van der Waals surface area contributed by atoms with E-state index in [4.69, 9.17) is 30.5 Å². The number of aromatic nitrogens is 5. The number of alkyl halides is 1. The summed E-state index contributed by atoms with van der Waals surface area (Å²) >= 11 is 0. The van der Waals surface area contributed by atoms with Crippen LogP contribution in [0.1, 0.15) is 41.0 Å². The molecular formula is C25H25FN8O5. The molecule has 14 heteroatoms. The zero-order valence-electron chi connectivity index (χ0n) is 20.7.